The van der Waals surface area contributed by atoms with Crippen LogP contribution in [0.2, 0.25) is 0 Å². The van der Waals surface area contributed by atoms with E-state index in [1.54, 1.807) is 12.3 Å². The van der Waals surface area contributed by atoms with Crippen LogP contribution in [0.1, 0.15) is 24.2 Å². The molecule has 28 heavy (non-hydrogen) atoms. The Morgan fingerprint density at radius 3 is 2.89 bits per heavy atom. The summed E-state index contributed by atoms with van der Waals surface area (Å²) in [5.41, 5.74) is 2.48. The molecule has 3 N–H and O–H groups in total. The Kier molecular flexibility index (Phi) is 5.23. The summed E-state index contributed by atoms with van der Waals surface area (Å²) in [6.45, 7) is 3.10. The molecule has 146 valence electrons. The van der Waals surface area contributed by atoms with E-state index in [1.165, 1.54) is 0 Å². The Hall–Kier alpha value is -2.97. The van der Waals surface area contributed by atoms with Crippen molar-refractivity contribution in [3.05, 3.63) is 53.9 Å². The molecule has 0 unspecified atom stereocenters. The van der Waals surface area contributed by atoms with Gasteiger partial charge in [0.25, 0.3) is 0 Å². The number of anilines is 1. The van der Waals surface area contributed by atoms with Crippen molar-refractivity contribution in [2.24, 2.45) is 0 Å². The van der Waals surface area contributed by atoms with Crippen molar-refractivity contribution in [3.8, 4) is 0 Å². The van der Waals surface area contributed by atoms with E-state index in [9.17, 15) is 9.90 Å². The van der Waals surface area contributed by atoms with Crippen LogP contribution in [-0.2, 0) is 17.7 Å². The first-order chi connectivity index (χ1) is 13.6. The SMILES string of the molecule is CCn1ncc2cc3nc(c21)C[C@@H](O)COC[C@H](c1ccccc1)NC(=O)N3. The molecular weight excluding hydrogens is 358 g/mol. The average Bonchev–Trinajstić information content (AvgIpc) is 3.10. The summed E-state index contributed by atoms with van der Waals surface area (Å²) in [6.07, 6.45) is 1.35. The Morgan fingerprint density at radius 1 is 1.29 bits per heavy atom. The number of hydrogen-bond acceptors (Lipinski definition) is 5. The number of nitrogens with one attached hydrogen (secondary N) is 2. The molecule has 2 amide bonds. The van der Waals surface area contributed by atoms with Gasteiger partial charge in [0, 0.05) is 18.4 Å². The molecule has 0 fully saturated rings. The van der Waals surface area contributed by atoms with Crippen LogP contribution in [0.3, 0.4) is 0 Å². The Balaban J connectivity index is 1.68. The van der Waals surface area contributed by atoms with Crippen molar-refractivity contribution in [2.45, 2.75) is 32.0 Å². The number of aliphatic hydroxyl groups is 1. The van der Waals surface area contributed by atoms with Crippen molar-refractivity contribution < 1.29 is 14.6 Å². The Bertz CT molecular complexity index is 973. The molecule has 8 heteroatoms. The lowest BCUT2D eigenvalue weighted by atomic mass is 10.1. The molecule has 0 saturated heterocycles. The molecule has 1 aliphatic rings. The molecule has 0 aliphatic carbocycles. The highest BCUT2D eigenvalue weighted by atomic mass is 16.5. The lowest BCUT2D eigenvalue weighted by Crippen LogP contribution is -2.36. The van der Waals surface area contributed by atoms with Crippen LogP contribution in [0, 0.1) is 0 Å². The van der Waals surface area contributed by atoms with Crippen LogP contribution in [0.4, 0.5) is 10.6 Å². The van der Waals surface area contributed by atoms with E-state index in [2.05, 4.69) is 20.7 Å². The van der Waals surface area contributed by atoms with E-state index in [1.807, 2.05) is 41.9 Å². The monoisotopic (exact) mass is 381 g/mol. The number of rotatable bonds is 2. The number of nitrogens with zero attached hydrogens (tertiary/aromatic N) is 3. The molecule has 1 aromatic carbocycles. The Labute approximate surface area is 162 Å². The number of urea groups is 1. The number of pyridine rings is 1. The van der Waals surface area contributed by atoms with Crippen LogP contribution < -0.4 is 10.6 Å². The fraction of sp³-hybridized carbons (Fsp3) is 0.350. The molecular formula is C20H23N5O3. The molecule has 2 aromatic heterocycles. The molecule has 1 aliphatic heterocycles. The first-order valence-electron chi connectivity index (χ1n) is 9.37. The standard InChI is InChI=1S/C20H23N5O3/c1-2-25-19-14(10-21-25)8-18-22-16(19)9-15(26)11-28-12-17(23-20(27)24-18)13-6-4-3-5-7-13/h3-8,10,15,17,26H,2,9,11-12H2,1H3,(H2,22,23,24,27)/t15-,17-/m1/s1. The van der Waals surface area contributed by atoms with E-state index < -0.39 is 6.10 Å². The Morgan fingerprint density at radius 2 is 2.11 bits per heavy atom. The number of ether oxygens (including phenoxy) is 1. The van der Waals surface area contributed by atoms with Crippen LogP contribution in [-0.4, -0.2) is 45.2 Å². The van der Waals surface area contributed by atoms with Crippen molar-refractivity contribution in [3.63, 3.8) is 0 Å². The number of aryl methyl sites for hydroxylation is 1. The molecule has 4 rings (SSSR count). The summed E-state index contributed by atoms with van der Waals surface area (Å²) in [6, 6.07) is 10.7. The zero-order valence-electron chi connectivity index (χ0n) is 15.6. The van der Waals surface area contributed by atoms with E-state index in [4.69, 9.17) is 4.74 Å². The summed E-state index contributed by atoms with van der Waals surface area (Å²) in [5, 5.41) is 21.4. The lowest BCUT2D eigenvalue weighted by Gasteiger charge is -2.22. The van der Waals surface area contributed by atoms with Crippen LogP contribution in [0.5, 0.6) is 0 Å². The summed E-state index contributed by atoms with van der Waals surface area (Å²) in [7, 11) is 0. The van der Waals surface area contributed by atoms with Crippen LogP contribution in [0.25, 0.3) is 10.9 Å². The molecule has 2 bridgehead atoms. The third-order valence-corrected chi connectivity index (χ3v) is 4.76. The van der Waals surface area contributed by atoms with E-state index in [0.29, 0.717) is 24.5 Å². The predicted octanol–water partition coefficient (Wildman–Crippen LogP) is 2.25. The van der Waals surface area contributed by atoms with Gasteiger partial charge in [0.1, 0.15) is 5.82 Å². The van der Waals surface area contributed by atoms with Gasteiger partial charge in [0.2, 0.25) is 0 Å². The fourth-order valence-corrected chi connectivity index (χ4v) is 3.47. The molecule has 2 atom stereocenters. The van der Waals surface area contributed by atoms with Crippen molar-refractivity contribution >= 4 is 22.8 Å². The molecule has 3 aromatic rings. The maximum Gasteiger partial charge on any atom is 0.320 e. The minimum Gasteiger partial charge on any atom is -0.390 e. The number of hydrogen-bond donors (Lipinski definition) is 3. The number of carbonyl (C=O) groups is 1. The minimum absolute atomic E-state index is 0.153. The number of aliphatic hydroxyl groups excluding tert-OH is 1. The van der Waals surface area contributed by atoms with Gasteiger partial charge in [0.15, 0.2) is 0 Å². The zero-order chi connectivity index (χ0) is 19.5. The second kappa shape index (κ2) is 7.95. The molecule has 0 spiro atoms. The van der Waals surface area contributed by atoms with E-state index >= 15 is 0 Å². The number of fused-ring (bicyclic) bond motifs is 4. The van der Waals surface area contributed by atoms with Gasteiger partial charge in [-0.05, 0) is 18.6 Å². The van der Waals surface area contributed by atoms with Gasteiger partial charge in [-0.2, -0.15) is 5.10 Å². The second-order valence-electron chi connectivity index (χ2n) is 6.81. The second-order valence-corrected chi connectivity index (χ2v) is 6.81. The molecule has 8 nitrogen and oxygen atoms in total. The topological polar surface area (TPSA) is 101 Å². The average molecular weight is 381 g/mol. The third kappa shape index (κ3) is 3.83. The van der Waals surface area contributed by atoms with Gasteiger partial charge in [0.05, 0.1) is 42.8 Å². The predicted molar refractivity (Wildman–Crippen MR) is 105 cm³/mol. The zero-order valence-corrected chi connectivity index (χ0v) is 15.6. The highest BCUT2D eigenvalue weighted by Crippen LogP contribution is 2.23. The van der Waals surface area contributed by atoms with Gasteiger partial charge in [-0.1, -0.05) is 30.3 Å². The largest absolute Gasteiger partial charge is 0.390 e. The van der Waals surface area contributed by atoms with Crippen molar-refractivity contribution in [1.82, 2.24) is 20.1 Å². The first kappa shape index (κ1) is 18.4. The van der Waals surface area contributed by atoms with Crippen LogP contribution >= 0.6 is 0 Å². The maximum atomic E-state index is 12.6. The number of carbonyl (C=O) groups excluding carboxylic acids is 1. The summed E-state index contributed by atoms with van der Waals surface area (Å²) < 4.78 is 7.55. The van der Waals surface area contributed by atoms with Crippen molar-refractivity contribution in [1.29, 1.82) is 0 Å². The first-order valence-corrected chi connectivity index (χ1v) is 9.37. The quantitative estimate of drug-likeness (QED) is 0.632. The van der Waals surface area contributed by atoms with Gasteiger partial charge < -0.3 is 15.2 Å². The lowest BCUT2D eigenvalue weighted by molar-refractivity contribution is 0.0283. The highest BCUT2D eigenvalue weighted by Gasteiger charge is 2.20. The minimum atomic E-state index is -0.710. The number of aromatic nitrogens is 3. The van der Waals surface area contributed by atoms with Gasteiger partial charge >= 0.3 is 6.03 Å². The number of amides is 2. The smallest absolute Gasteiger partial charge is 0.320 e. The van der Waals surface area contributed by atoms with Gasteiger partial charge in [-0.15, -0.1) is 0 Å². The molecule has 0 saturated carbocycles. The highest BCUT2D eigenvalue weighted by molar-refractivity contribution is 5.92. The van der Waals surface area contributed by atoms with Crippen molar-refractivity contribution in [2.75, 3.05) is 18.5 Å². The van der Waals surface area contributed by atoms with E-state index in [0.717, 1.165) is 16.5 Å². The van der Waals surface area contributed by atoms with Crippen LogP contribution in [0.15, 0.2) is 42.6 Å². The third-order valence-electron chi connectivity index (χ3n) is 4.76. The summed E-state index contributed by atoms with van der Waals surface area (Å²) in [5.74, 6) is 0.427. The molecule has 0 radical (unpaired) electrons. The number of benzene rings is 1. The summed E-state index contributed by atoms with van der Waals surface area (Å²) in [4.78, 5) is 17.1. The maximum absolute atomic E-state index is 12.6. The van der Waals surface area contributed by atoms with Gasteiger partial charge in [-0.3, -0.25) is 10.00 Å². The normalized spacial score (nSPS) is 20.7. The fourth-order valence-electron chi connectivity index (χ4n) is 3.47. The van der Waals surface area contributed by atoms with E-state index in [-0.39, 0.29) is 25.3 Å². The molecule has 3 heterocycles. The van der Waals surface area contributed by atoms with Gasteiger partial charge in [-0.25, -0.2) is 9.78 Å². The summed E-state index contributed by atoms with van der Waals surface area (Å²) >= 11 is 0.